The van der Waals surface area contributed by atoms with Crippen LogP contribution in [0.15, 0.2) is 11.6 Å². The lowest BCUT2D eigenvalue weighted by Crippen LogP contribution is -2.29. The smallest absolute Gasteiger partial charge is 0.0194 e. The summed E-state index contributed by atoms with van der Waals surface area (Å²) in [5.41, 5.74) is 1.61. The molecule has 2 heteroatoms. The van der Waals surface area contributed by atoms with Gasteiger partial charge in [0.15, 0.2) is 0 Å². The molecule has 0 radical (unpaired) electrons. The van der Waals surface area contributed by atoms with Crippen LogP contribution >= 0.6 is 0 Å². The van der Waals surface area contributed by atoms with Crippen molar-refractivity contribution in [2.24, 2.45) is 0 Å². The molecule has 0 spiro atoms. The first-order valence-corrected chi connectivity index (χ1v) is 6.83. The van der Waals surface area contributed by atoms with E-state index in [1.54, 1.807) is 5.57 Å². The van der Waals surface area contributed by atoms with Gasteiger partial charge in [-0.15, -0.1) is 0 Å². The molecule has 0 aromatic carbocycles. The third-order valence-electron chi connectivity index (χ3n) is 2.69. The average molecular weight is 213 g/mol. The van der Waals surface area contributed by atoms with Gasteiger partial charge in [0.05, 0.1) is 0 Å². The molecule has 0 rings (SSSR count). The van der Waals surface area contributed by atoms with E-state index < -0.39 is 0 Å². The van der Waals surface area contributed by atoms with Gasteiger partial charge in [0.1, 0.15) is 0 Å². The maximum atomic E-state index is 2.54. The highest BCUT2D eigenvalue weighted by Gasteiger charge is 2.17. The van der Waals surface area contributed by atoms with Gasteiger partial charge in [-0.25, -0.2) is 0 Å². The van der Waals surface area contributed by atoms with Gasteiger partial charge in [-0.2, -0.15) is 0 Å². The molecule has 84 valence electrons. The predicted octanol–water partition coefficient (Wildman–Crippen LogP) is 2.23. The summed E-state index contributed by atoms with van der Waals surface area (Å²) in [6.45, 7) is 15.0. The Bertz CT molecular complexity index is 179. The lowest BCUT2D eigenvalue weighted by atomic mass is 10.0. The number of rotatable bonds is 6. The highest BCUT2D eigenvalue weighted by Crippen LogP contribution is 2.30. The minimum Gasteiger partial charge on any atom is -0.300 e. The Morgan fingerprint density at radius 3 is 2.21 bits per heavy atom. The van der Waals surface area contributed by atoms with E-state index in [4.69, 9.17) is 0 Å². The number of allylic oxidation sites excluding steroid dienone is 1. The number of likely N-dealkylation sites (N-methyl/N-ethyl adjacent to an activating group) is 1. The van der Waals surface area contributed by atoms with Crippen LogP contribution in [0.3, 0.4) is 0 Å². The van der Waals surface area contributed by atoms with Crippen molar-refractivity contribution in [3.8, 4) is 0 Å². The third-order valence-corrected chi connectivity index (χ3v) is 3.34. The zero-order chi connectivity index (χ0) is 11.2. The Morgan fingerprint density at radius 1 is 1.36 bits per heavy atom. The van der Waals surface area contributed by atoms with Crippen LogP contribution in [0.25, 0.3) is 0 Å². The van der Waals surface area contributed by atoms with Crippen molar-refractivity contribution in [2.75, 3.05) is 19.6 Å². The normalized spacial score (nSPS) is 14.0. The first kappa shape index (κ1) is 13.9. The Balaban J connectivity index is 4.31. The van der Waals surface area contributed by atoms with Gasteiger partial charge in [-0.1, -0.05) is 39.3 Å². The SMILES string of the molecule is CC=C(CN(CC)CCC)C(C)(C)[SiH3]. The summed E-state index contributed by atoms with van der Waals surface area (Å²) in [6, 6.07) is 0. The van der Waals surface area contributed by atoms with Crippen LogP contribution in [-0.4, -0.2) is 34.8 Å². The van der Waals surface area contributed by atoms with Crippen molar-refractivity contribution in [1.82, 2.24) is 4.90 Å². The Labute approximate surface area is 93.0 Å². The first-order chi connectivity index (χ1) is 6.45. The molecule has 0 N–H and O–H groups in total. The molecule has 0 aliphatic carbocycles. The van der Waals surface area contributed by atoms with Crippen LogP contribution in [0.2, 0.25) is 5.04 Å². The van der Waals surface area contributed by atoms with Crippen LogP contribution in [0.5, 0.6) is 0 Å². The Kier molecular flexibility index (Phi) is 6.37. The zero-order valence-corrected chi connectivity index (χ0v) is 12.9. The Hall–Kier alpha value is -0.0831. The van der Waals surface area contributed by atoms with Crippen LogP contribution in [-0.2, 0) is 0 Å². The standard InChI is InChI=1S/C12H27NSi/c1-6-9-13(8-3)10-11(7-2)12(4,5)14/h7H,6,8-10H2,1-5,14H3. The fourth-order valence-corrected chi connectivity index (χ4v) is 2.11. The highest BCUT2D eigenvalue weighted by molar-refractivity contribution is 6.16. The number of hydrogen-bond donors (Lipinski definition) is 0. The second kappa shape index (κ2) is 6.41. The summed E-state index contributed by atoms with van der Waals surface area (Å²) >= 11 is 0. The minimum absolute atomic E-state index is 0.454. The number of nitrogens with zero attached hydrogens (tertiary/aromatic N) is 1. The molecule has 0 unspecified atom stereocenters. The van der Waals surface area contributed by atoms with Crippen LogP contribution in [0.4, 0.5) is 0 Å². The van der Waals surface area contributed by atoms with E-state index in [0.29, 0.717) is 5.04 Å². The second-order valence-electron chi connectivity index (χ2n) is 4.93. The van der Waals surface area contributed by atoms with Crippen molar-refractivity contribution in [3.63, 3.8) is 0 Å². The van der Waals surface area contributed by atoms with E-state index in [0.717, 1.165) is 6.54 Å². The summed E-state index contributed by atoms with van der Waals surface area (Å²) in [5.74, 6) is 0. The first-order valence-electron chi connectivity index (χ1n) is 5.83. The average Bonchev–Trinajstić information content (AvgIpc) is 2.10. The third kappa shape index (κ3) is 4.96. The molecule has 14 heavy (non-hydrogen) atoms. The second-order valence-corrected chi connectivity index (χ2v) is 7.43. The van der Waals surface area contributed by atoms with Gasteiger partial charge < -0.3 is 0 Å². The summed E-state index contributed by atoms with van der Waals surface area (Å²) < 4.78 is 0. The lowest BCUT2D eigenvalue weighted by Gasteiger charge is -2.29. The van der Waals surface area contributed by atoms with E-state index in [2.05, 4.69) is 45.6 Å². The van der Waals surface area contributed by atoms with Gasteiger partial charge in [0.2, 0.25) is 0 Å². The van der Waals surface area contributed by atoms with E-state index in [1.807, 2.05) is 0 Å². The quantitative estimate of drug-likeness (QED) is 0.483. The van der Waals surface area contributed by atoms with Gasteiger partial charge >= 0.3 is 0 Å². The van der Waals surface area contributed by atoms with Crippen LogP contribution < -0.4 is 0 Å². The molecule has 0 aromatic rings. The highest BCUT2D eigenvalue weighted by atomic mass is 28.1. The zero-order valence-electron chi connectivity index (χ0n) is 10.9. The monoisotopic (exact) mass is 213 g/mol. The molecular weight excluding hydrogens is 186 g/mol. The van der Waals surface area contributed by atoms with Gasteiger partial charge in [-0.3, -0.25) is 4.90 Å². The molecule has 0 heterocycles. The molecule has 0 fully saturated rings. The van der Waals surface area contributed by atoms with Crippen molar-refractivity contribution >= 4 is 10.2 Å². The molecule has 0 aromatic heterocycles. The summed E-state index contributed by atoms with van der Waals surface area (Å²) in [7, 11) is 1.24. The summed E-state index contributed by atoms with van der Waals surface area (Å²) in [5, 5.41) is 0.454. The van der Waals surface area contributed by atoms with Gasteiger partial charge in [0.25, 0.3) is 0 Å². The van der Waals surface area contributed by atoms with Gasteiger partial charge in [-0.05, 0) is 31.5 Å². The molecule has 0 saturated carbocycles. The maximum Gasteiger partial charge on any atom is 0.0194 e. The molecule has 0 atom stereocenters. The molecule has 0 bridgehead atoms. The molecule has 0 aliphatic rings. The van der Waals surface area contributed by atoms with Crippen molar-refractivity contribution < 1.29 is 0 Å². The molecule has 1 nitrogen and oxygen atoms in total. The molecule has 0 saturated heterocycles. The van der Waals surface area contributed by atoms with Crippen molar-refractivity contribution in [1.29, 1.82) is 0 Å². The molecule has 0 aliphatic heterocycles. The minimum atomic E-state index is 0.454. The Morgan fingerprint density at radius 2 is 1.93 bits per heavy atom. The number of hydrogen-bond acceptors (Lipinski definition) is 1. The van der Waals surface area contributed by atoms with E-state index in [-0.39, 0.29) is 0 Å². The van der Waals surface area contributed by atoms with Crippen molar-refractivity contribution in [2.45, 2.75) is 46.1 Å². The molecular formula is C12H27NSi. The van der Waals surface area contributed by atoms with Gasteiger partial charge in [0, 0.05) is 16.8 Å². The fraction of sp³-hybridized carbons (Fsp3) is 0.833. The fourth-order valence-electron chi connectivity index (χ4n) is 1.67. The van der Waals surface area contributed by atoms with Crippen LogP contribution in [0.1, 0.15) is 41.0 Å². The van der Waals surface area contributed by atoms with E-state index in [1.165, 1.54) is 29.8 Å². The van der Waals surface area contributed by atoms with E-state index >= 15 is 0 Å². The maximum absolute atomic E-state index is 2.54. The summed E-state index contributed by atoms with van der Waals surface area (Å²) in [4.78, 5) is 2.54. The summed E-state index contributed by atoms with van der Waals surface area (Å²) in [6.07, 6.45) is 3.57. The largest absolute Gasteiger partial charge is 0.300 e. The molecule has 0 amide bonds. The van der Waals surface area contributed by atoms with E-state index in [9.17, 15) is 0 Å². The van der Waals surface area contributed by atoms with Crippen molar-refractivity contribution in [3.05, 3.63) is 11.6 Å². The topological polar surface area (TPSA) is 3.24 Å². The lowest BCUT2D eigenvalue weighted by molar-refractivity contribution is 0.306. The predicted molar refractivity (Wildman–Crippen MR) is 70.1 cm³/mol. The van der Waals surface area contributed by atoms with Crippen LogP contribution in [0, 0.1) is 0 Å².